The lowest BCUT2D eigenvalue weighted by molar-refractivity contribution is -0.125. The Morgan fingerprint density at radius 3 is 2.68 bits per heavy atom. The smallest absolute Gasteiger partial charge is 0.246 e. The molecule has 0 aliphatic carbocycles. The molecule has 2 aromatic rings. The number of aromatic nitrogens is 1. The lowest BCUT2D eigenvalue weighted by Gasteiger charge is -2.22. The van der Waals surface area contributed by atoms with Crippen molar-refractivity contribution >= 4 is 27.8 Å². The highest BCUT2D eigenvalue weighted by Gasteiger charge is 2.20. The lowest BCUT2D eigenvalue weighted by atomic mass is 10.2. The largest absolute Gasteiger partial charge is 0.354 e. The van der Waals surface area contributed by atoms with E-state index in [1.165, 1.54) is 18.2 Å². The maximum Gasteiger partial charge on any atom is 0.246 e. The van der Waals surface area contributed by atoms with Gasteiger partial charge in [-0.05, 0) is 42.3 Å². The van der Waals surface area contributed by atoms with Crippen LogP contribution in [0.2, 0.25) is 0 Å². The molecule has 9 heteroatoms. The Labute approximate surface area is 182 Å². The summed E-state index contributed by atoms with van der Waals surface area (Å²) in [5.41, 5.74) is 1.27. The molecule has 8 nitrogen and oxygen atoms in total. The molecular weight excluding hydrogens is 414 g/mol. The van der Waals surface area contributed by atoms with Crippen LogP contribution in [0.5, 0.6) is 0 Å². The van der Waals surface area contributed by atoms with E-state index in [9.17, 15) is 18.5 Å². The number of rotatable bonds is 6. The number of amides is 1. The number of nitrogens with zero attached hydrogens (tertiary/aromatic N) is 4. The molecule has 0 bridgehead atoms. The van der Waals surface area contributed by atoms with E-state index in [4.69, 9.17) is 0 Å². The molecule has 1 aliphatic rings. The Morgan fingerprint density at radius 1 is 1.19 bits per heavy atom. The minimum atomic E-state index is -3.49. The zero-order valence-corrected chi connectivity index (χ0v) is 18.2. The summed E-state index contributed by atoms with van der Waals surface area (Å²) in [6, 6.07) is 12.0. The van der Waals surface area contributed by atoms with E-state index in [-0.39, 0.29) is 10.8 Å². The topological polar surface area (TPSA) is 106 Å². The van der Waals surface area contributed by atoms with Crippen molar-refractivity contribution in [1.29, 1.82) is 5.26 Å². The molecule has 0 saturated carbocycles. The number of anilines is 1. The first-order valence-electron chi connectivity index (χ1n) is 10.1. The average Bonchev–Trinajstić information content (AvgIpc) is 3.04. The molecule has 3 rings (SSSR count). The maximum absolute atomic E-state index is 12.6. The van der Waals surface area contributed by atoms with Crippen molar-refractivity contribution in [2.45, 2.75) is 18.2 Å². The molecule has 31 heavy (non-hydrogen) atoms. The van der Waals surface area contributed by atoms with Crippen molar-refractivity contribution in [3.63, 3.8) is 0 Å². The molecule has 1 saturated heterocycles. The first-order valence-corrected chi connectivity index (χ1v) is 11.6. The number of pyridine rings is 1. The molecule has 1 aliphatic heterocycles. The first-order chi connectivity index (χ1) is 14.9. The van der Waals surface area contributed by atoms with Gasteiger partial charge in [-0.15, -0.1) is 0 Å². The summed E-state index contributed by atoms with van der Waals surface area (Å²) in [5, 5.41) is 9.30. The summed E-state index contributed by atoms with van der Waals surface area (Å²) in [7, 11) is -3.49. The van der Waals surface area contributed by atoms with Gasteiger partial charge in [0.15, 0.2) is 0 Å². The SMILES string of the molecule is CCNS(=O)(=O)c1ccc(/C=C/C(=O)N2CCCN(c3ncccc3C#N)CC2)cc1. The Kier molecular flexibility index (Phi) is 7.39. The number of nitriles is 1. The minimum Gasteiger partial charge on any atom is -0.354 e. The second kappa shape index (κ2) is 10.2. The number of hydrogen-bond donors (Lipinski definition) is 1. The summed E-state index contributed by atoms with van der Waals surface area (Å²) in [4.78, 5) is 21.0. The van der Waals surface area contributed by atoms with Crippen molar-refractivity contribution in [2.75, 3.05) is 37.6 Å². The maximum atomic E-state index is 12.6. The molecule has 0 atom stereocenters. The molecule has 162 valence electrons. The summed E-state index contributed by atoms with van der Waals surface area (Å²) < 4.78 is 26.5. The standard InChI is InChI=1S/C22H25N5O3S/c1-2-25-31(29,30)20-9-6-18(7-10-20)8-11-21(28)26-13-4-14-27(16-15-26)22-19(17-23)5-3-12-24-22/h3,5-12,25H,2,4,13-16H2,1H3/b11-8+. The molecule has 0 unspecified atom stereocenters. The molecule has 0 spiro atoms. The fourth-order valence-corrected chi connectivity index (χ4v) is 4.43. The fourth-order valence-electron chi connectivity index (χ4n) is 3.39. The Bertz CT molecular complexity index is 1090. The molecule has 1 aromatic heterocycles. The van der Waals surface area contributed by atoms with Crippen LogP contribution in [0.3, 0.4) is 0 Å². The van der Waals surface area contributed by atoms with Gasteiger partial charge in [0.1, 0.15) is 11.9 Å². The van der Waals surface area contributed by atoms with Gasteiger partial charge < -0.3 is 9.80 Å². The van der Waals surface area contributed by atoms with Crippen LogP contribution in [0.4, 0.5) is 5.82 Å². The third-order valence-electron chi connectivity index (χ3n) is 4.96. The van der Waals surface area contributed by atoms with Crippen LogP contribution < -0.4 is 9.62 Å². The quantitative estimate of drug-likeness (QED) is 0.690. The van der Waals surface area contributed by atoms with E-state index >= 15 is 0 Å². The molecular formula is C22H25N5O3S. The lowest BCUT2D eigenvalue weighted by Crippen LogP contribution is -2.34. The number of carbonyl (C=O) groups is 1. The van der Waals surface area contributed by atoms with Crippen LogP contribution in [-0.4, -0.2) is 56.9 Å². The van der Waals surface area contributed by atoms with Crippen molar-refractivity contribution < 1.29 is 13.2 Å². The number of sulfonamides is 1. The first kappa shape index (κ1) is 22.5. The molecule has 0 radical (unpaired) electrons. The van der Waals surface area contributed by atoms with Gasteiger partial charge in [-0.1, -0.05) is 19.1 Å². The highest BCUT2D eigenvalue weighted by atomic mass is 32.2. The molecule has 2 heterocycles. The van der Waals surface area contributed by atoms with Gasteiger partial charge in [0.05, 0.1) is 10.5 Å². The van der Waals surface area contributed by atoms with Crippen molar-refractivity contribution in [3.8, 4) is 6.07 Å². The van der Waals surface area contributed by atoms with Crippen LogP contribution in [0.1, 0.15) is 24.5 Å². The molecule has 1 aromatic carbocycles. The number of hydrogen-bond acceptors (Lipinski definition) is 6. The van der Waals surface area contributed by atoms with E-state index in [0.717, 1.165) is 18.5 Å². The van der Waals surface area contributed by atoms with E-state index in [1.807, 2.05) is 4.90 Å². The second-order valence-corrected chi connectivity index (χ2v) is 8.82. The van der Waals surface area contributed by atoms with Gasteiger partial charge in [0.25, 0.3) is 0 Å². The monoisotopic (exact) mass is 439 g/mol. The van der Waals surface area contributed by atoms with Gasteiger partial charge in [-0.3, -0.25) is 4.79 Å². The zero-order valence-electron chi connectivity index (χ0n) is 17.4. The molecule has 1 amide bonds. The van der Waals surface area contributed by atoms with E-state index in [1.54, 1.807) is 48.4 Å². The molecule has 1 N–H and O–H groups in total. The van der Waals surface area contributed by atoms with E-state index in [2.05, 4.69) is 15.8 Å². The molecule has 1 fully saturated rings. The van der Waals surface area contributed by atoms with Gasteiger partial charge in [-0.2, -0.15) is 5.26 Å². The van der Waals surface area contributed by atoms with Crippen LogP contribution in [-0.2, 0) is 14.8 Å². The van der Waals surface area contributed by atoms with E-state index in [0.29, 0.717) is 37.6 Å². The second-order valence-electron chi connectivity index (χ2n) is 7.06. The predicted molar refractivity (Wildman–Crippen MR) is 119 cm³/mol. The van der Waals surface area contributed by atoms with Gasteiger partial charge in [0, 0.05) is 45.0 Å². The van der Waals surface area contributed by atoms with Crippen molar-refractivity contribution in [2.24, 2.45) is 0 Å². The third kappa shape index (κ3) is 5.69. The predicted octanol–water partition coefficient (Wildman–Crippen LogP) is 2.00. The van der Waals surface area contributed by atoms with Gasteiger partial charge >= 0.3 is 0 Å². The minimum absolute atomic E-state index is 0.104. The number of carbonyl (C=O) groups excluding carboxylic acids is 1. The summed E-state index contributed by atoms with van der Waals surface area (Å²) in [6.45, 7) is 4.52. The highest BCUT2D eigenvalue weighted by molar-refractivity contribution is 7.89. The van der Waals surface area contributed by atoms with Crippen LogP contribution >= 0.6 is 0 Å². The van der Waals surface area contributed by atoms with Crippen LogP contribution in [0.15, 0.2) is 53.6 Å². The van der Waals surface area contributed by atoms with Gasteiger partial charge in [0.2, 0.25) is 15.9 Å². The van der Waals surface area contributed by atoms with Crippen molar-refractivity contribution in [3.05, 3.63) is 59.8 Å². The third-order valence-corrected chi connectivity index (χ3v) is 6.52. The fraction of sp³-hybridized carbons (Fsp3) is 0.318. The highest BCUT2D eigenvalue weighted by Crippen LogP contribution is 2.18. The summed E-state index contributed by atoms with van der Waals surface area (Å²) in [6.07, 6.45) is 5.63. The van der Waals surface area contributed by atoms with E-state index < -0.39 is 10.0 Å². The average molecular weight is 440 g/mol. The van der Waals surface area contributed by atoms with Gasteiger partial charge in [-0.25, -0.2) is 18.1 Å². The Morgan fingerprint density at radius 2 is 1.97 bits per heavy atom. The summed E-state index contributed by atoms with van der Waals surface area (Å²) in [5.74, 6) is 0.551. The van der Waals surface area contributed by atoms with Crippen LogP contribution in [0, 0.1) is 11.3 Å². The summed E-state index contributed by atoms with van der Waals surface area (Å²) >= 11 is 0. The van der Waals surface area contributed by atoms with Crippen molar-refractivity contribution in [1.82, 2.24) is 14.6 Å². The number of nitrogens with one attached hydrogen (secondary N) is 1. The van der Waals surface area contributed by atoms with Crippen LogP contribution in [0.25, 0.3) is 6.08 Å². The Hall–Kier alpha value is -3.22. The Balaban J connectivity index is 1.62. The zero-order chi connectivity index (χ0) is 22.3. The number of benzene rings is 1. The normalized spacial score (nSPS) is 15.0.